The number of aromatic nitrogens is 7. The Labute approximate surface area is 183 Å². The first-order valence-electron chi connectivity index (χ1n) is 9.22. The number of alkyl halides is 3. The third-order valence-corrected chi connectivity index (χ3v) is 4.73. The molecule has 1 N–H and O–H groups in total. The molecule has 13 heteroatoms. The summed E-state index contributed by atoms with van der Waals surface area (Å²) in [7, 11) is 0. The minimum atomic E-state index is -4.90. The quantitative estimate of drug-likeness (QED) is 0.468. The zero-order chi connectivity index (χ0) is 22.9. The van der Waals surface area contributed by atoms with E-state index in [4.69, 9.17) is 11.6 Å². The maximum absolute atomic E-state index is 12.9. The second-order valence-electron chi connectivity index (χ2n) is 6.73. The molecule has 0 saturated carbocycles. The van der Waals surface area contributed by atoms with Crippen molar-refractivity contribution in [3.05, 3.63) is 76.3 Å². The van der Waals surface area contributed by atoms with Gasteiger partial charge in [0.25, 0.3) is 0 Å². The highest BCUT2D eigenvalue weighted by Crippen LogP contribution is 2.24. The molecule has 0 fully saturated rings. The lowest BCUT2D eigenvalue weighted by Gasteiger charge is -2.15. The molecular formula is C19H15ClF3N7O2. The Morgan fingerprint density at radius 2 is 1.81 bits per heavy atom. The normalized spacial score (nSPS) is 12.8. The lowest BCUT2D eigenvalue weighted by atomic mass is 10.2. The smallest absolute Gasteiger partial charge is 0.382 e. The molecule has 166 valence electrons. The van der Waals surface area contributed by atoms with Crippen LogP contribution in [-0.4, -0.2) is 51.5 Å². The van der Waals surface area contributed by atoms with Gasteiger partial charge in [0.1, 0.15) is 12.9 Å². The summed E-state index contributed by atoms with van der Waals surface area (Å²) in [5, 5.41) is 18.3. The lowest BCUT2D eigenvalue weighted by molar-refractivity contribution is -0.207. The molecule has 0 radical (unpaired) electrons. The van der Waals surface area contributed by atoms with Crippen molar-refractivity contribution in [2.45, 2.75) is 25.4 Å². The van der Waals surface area contributed by atoms with E-state index in [1.54, 1.807) is 24.4 Å². The molecule has 0 aliphatic rings. The summed E-state index contributed by atoms with van der Waals surface area (Å²) in [6.45, 7) is -1.22. The zero-order valence-electron chi connectivity index (χ0n) is 16.2. The van der Waals surface area contributed by atoms with Crippen LogP contribution in [0.5, 0.6) is 0 Å². The van der Waals surface area contributed by atoms with Gasteiger partial charge in [0.15, 0.2) is 23.6 Å². The summed E-state index contributed by atoms with van der Waals surface area (Å²) < 4.78 is 41.9. The van der Waals surface area contributed by atoms with Gasteiger partial charge in [0, 0.05) is 16.8 Å². The Morgan fingerprint density at radius 3 is 2.47 bits per heavy atom. The minimum absolute atomic E-state index is 0.0564. The molecule has 0 aliphatic carbocycles. The highest BCUT2D eigenvalue weighted by atomic mass is 35.5. The molecule has 0 saturated heterocycles. The number of aliphatic hydroxyl groups is 1. The van der Waals surface area contributed by atoms with Gasteiger partial charge in [-0.05, 0) is 36.4 Å². The molecule has 0 amide bonds. The largest absolute Gasteiger partial charge is 0.416 e. The van der Waals surface area contributed by atoms with E-state index >= 15 is 0 Å². The second kappa shape index (κ2) is 8.55. The molecular weight excluding hydrogens is 451 g/mol. The third kappa shape index (κ3) is 4.55. The topological polar surface area (TPSA) is 104 Å². The first kappa shape index (κ1) is 21.7. The number of rotatable bonds is 6. The summed E-state index contributed by atoms with van der Waals surface area (Å²) >= 11 is 5.87. The molecule has 1 aromatic carbocycles. The van der Waals surface area contributed by atoms with Crippen molar-refractivity contribution < 1.29 is 18.3 Å². The van der Waals surface area contributed by atoms with Crippen LogP contribution in [-0.2, 0) is 13.1 Å². The number of halogens is 4. The highest BCUT2D eigenvalue weighted by molar-refractivity contribution is 6.30. The zero-order valence-corrected chi connectivity index (χ0v) is 16.9. The summed E-state index contributed by atoms with van der Waals surface area (Å²) in [6.07, 6.45) is -4.67. The summed E-state index contributed by atoms with van der Waals surface area (Å²) in [6, 6.07) is 11.3. The van der Waals surface area contributed by atoms with Crippen molar-refractivity contribution in [3.8, 4) is 17.2 Å². The van der Waals surface area contributed by atoms with Crippen LogP contribution >= 0.6 is 11.6 Å². The first-order valence-corrected chi connectivity index (χ1v) is 9.60. The van der Waals surface area contributed by atoms with E-state index in [0.717, 1.165) is 9.25 Å². The fourth-order valence-electron chi connectivity index (χ4n) is 2.90. The van der Waals surface area contributed by atoms with Crippen molar-refractivity contribution >= 4 is 11.6 Å². The van der Waals surface area contributed by atoms with Crippen LogP contribution in [0, 0.1) is 0 Å². The van der Waals surface area contributed by atoms with E-state index in [1.165, 1.54) is 35.3 Å². The molecule has 4 rings (SSSR count). The summed E-state index contributed by atoms with van der Waals surface area (Å²) in [4.78, 5) is 21.1. The van der Waals surface area contributed by atoms with E-state index in [0.29, 0.717) is 16.4 Å². The van der Waals surface area contributed by atoms with E-state index in [2.05, 4.69) is 20.2 Å². The van der Waals surface area contributed by atoms with Gasteiger partial charge in [-0.3, -0.25) is 4.57 Å². The van der Waals surface area contributed by atoms with Crippen LogP contribution < -0.4 is 5.69 Å². The van der Waals surface area contributed by atoms with Gasteiger partial charge >= 0.3 is 11.9 Å². The van der Waals surface area contributed by atoms with E-state index in [1.807, 2.05) is 0 Å². The average Bonchev–Trinajstić information content (AvgIpc) is 3.35. The number of pyridine rings is 1. The molecule has 0 bridgehead atoms. The first-order chi connectivity index (χ1) is 15.2. The standard InChI is InChI=1S/C19H15ClF3N7O2/c20-13-6-4-12(5-7-13)17-27-29(18(32)28(17)9-14(31)19(21,22)23)10-15-25-11-30(26-15)16-3-1-2-8-24-16/h1-8,11,14,31H,9-10H2/t14-/m0/s1. The summed E-state index contributed by atoms with van der Waals surface area (Å²) in [5.74, 6) is 0.639. The Hall–Kier alpha value is -3.51. The molecule has 3 aromatic heterocycles. The molecule has 3 heterocycles. The Bertz CT molecular complexity index is 1270. The van der Waals surface area contributed by atoms with Gasteiger partial charge in [-0.1, -0.05) is 17.7 Å². The fraction of sp³-hybridized carbons (Fsp3) is 0.211. The Kier molecular flexibility index (Phi) is 5.80. The number of benzene rings is 1. The van der Waals surface area contributed by atoms with E-state index < -0.39 is 24.5 Å². The monoisotopic (exact) mass is 465 g/mol. The number of aliphatic hydroxyl groups excluding tert-OH is 1. The predicted octanol–water partition coefficient (Wildman–Crippen LogP) is 2.31. The minimum Gasteiger partial charge on any atom is -0.382 e. The van der Waals surface area contributed by atoms with Crippen LogP contribution in [0.15, 0.2) is 59.8 Å². The van der Waals surface area contributed by atoms with Gasteiger partial charge in [0.2, 0.25) is 0 Å². The Morgan fingerprint density at radius 1 is 1.06 bits per heavy atom. The fourth-order valence-corrected chi connectivity index (χ4v) is 3.03. The van der Waals surface area contributed by atoms with Crippen LogP contribution in [0.2, 0.25) is 5.02 Å². The molecule has 32 heavy (non-hydrogen) atoms. The average molecular weight is 466 g/mol. The molecule has 0 unspecified atom stereocenters. The van der Waals surface area contributed by atoms with Gasteiger partial charge in [0.05, 0.1) is 6.54 Å². The number of nitrogens with zero attached hydrogens (tertiary/aromatic N) is 7. The molecule has 0 spiro atoms. The SMILES string of the molecule is O=c1n(Cc2ncn(-c3ccccn3)n2)nc(-c2ccc(Cl)cc2)n1C[C@H](O)C(F)(F)F. The van der Waals surface area contributed by atoms with E-state index in [-0.39, 0.29) is 18.2 Å². The number of hydrogen-bond acceptors (Lipinski definition) is 6. The molecule has 9 nitrogen and oxygen atoms in total. The second-order valence-corrected chi connectivity index (χ2v) is 7.17. The molecule has 4 aromatic rings. The van der Waals surface area contributed by atoms with Crippen molar-refractivity contribution in [2.75, 3.05) is 0 Å². The molecule has 0 aliphatic heterocycles. The number of hydrogen-bond donors (Lipinski definition) is 1. The van der Waals surface area contributed by atoms with Crippen molar-refractivity contribution in [1.82, 2.24) is 34.1 Å². The van der Waals surface area contributed by atoms with Crippen LogP contribution in [0.4, 0.5) is 13.2 Å². The van der Waals surface area contributed by atoms with Crippen molar-refractivity contribution in [3.63, 3.8) is 0 Å². The Balaban J connectivity index is 1.70. The van der Waals surface area contributed by atoms with Crippen LogP contribution in [0.1, 0.15) is 5.82 Å². The summed E-state index contributed by atoms with van der Waals surface area (Å²) in [5.41, 5.74) is -0.501. The van der Waals surface area contributed by atoms with Gasteiger partial charge in [-0.25, -0.2) is 24.1 Å². The van der Waals surface area contributed by atoms with Gasteiger partial charge in [-0.2, -0.15) is 13.2 Å². The predicted molar refractivity (Wildman–Crippen MR) is 107 cm³/mol. The maximum Gasteiger partial charge on any atom is 0.416 e. The van der Waals surface area contributed by atoms with Gasteiger partial charge < -0.3 is 5.11 Å². The lowest BCUT2D eigenvalue weighted by Crippen LogP contribution is -2.37. The highest BCUT2D eigenvalue weighted by Gasteiger charge is 2.39. The van der Waals surface area contributed by atoms with Crippen molar-refractivity contribution in [2.24, 2.45) is 0 Å². The van der Waals surface area contributed by atoms with Crippen LogP contribution in [0.3, 0.4) is 0 Å². The van der Waals surface area contributed by atoms with Crippen molar-refractivity contribution in [1.29, 1.82) is 0 Å². The van der Waals surface area contributed by atoms with Crippen LogP contribution in [0.25, 0.3) is 17.2 Å². The van der Waals surface area contributed by atoms with Gasteiger partial charge in [-0.15, -0.1) is 10.2 Å². The van der Waals surface area contributed by atoms with E-state index in [9.17, 15) is 23.1 Å². The third-order valence-electron chi connectivity index (χ3n) is 4.47. The molecule has 1 atom stereocenters. The maximum atomic E-state index is 12.9.